The fraction of sp³-hybridized carbons (Fsp3) is 0.375. The topological polar surface area (TPSA) is 55.8 Å². The Bertz CT molecular complexity index is 792. The van der Waals surface area contributed by atoms with Crippen LogP contribution < -0.4 is 0 Å². The van der Waals surface area contributed by atoms with E-state index >= 15 is 0 Å². The van der Waals surface area contributed by atoms with Crippen LogP contribution in [0.1, 0.15) is 12.0 Å². The van der Waals surface area contributed by atoms with Crippen molar-refractivity contribution in [3.8, 4) is 0 Å². The van der Waals surface area contributed by atoms with Crippen molar-refractivity contribution in [1.82, 2.24) is 4.90 Å². The molecule has 0 bridgehead atoms. The molecule has 1 aromatic rings. The molecule has 0 N–H and O–H groups in total. The Hall–Kier alpha value is -1.44. The fourth-order valence-corrected chi connectivity index (χ4v) is 5.13. The summed E-state index contributed by atoms with van der Waals surface area (Å²) in [4.78, 5) is 3.16. The van der Waals surface area contributed by atoms with E-state index in [-0.39, 0.29) is 0 Å². The summed E-state index contributed by atoms with van der Waals surface area (Å²) in [6.45, 7) is 2.64. The molecule has 3 aliphatic heterocycles. The van der Waals surface area contributed by atoms with Gasteiger partial charge < -0.3 is 13.8 Å². The summed E-state index contributed by atoms with van der Waals surface area (Å²) in [6.07, 6.45) is 0.785. The quantitative estimate of drug-likeness (QED) is 0.725. The van der Waals surface area contributed by atoms with Crippen LogP contribution in [0.25, 0.3) is 5.76 Å². The van der Waals surface area contributed by atoms with Gasteiger partial charge in [-0.15, -0.1) is 11.8 Å². The van der Waals surface area contributed by atoms with Crippen LogP contribution in [0.3, 0.4) is 0 Å². The Morgan fingerprint density at radius 2 is 1.91 bits per heavy atom. The predicted molar refractivity (Wildman–Crippen MR) is 89.2 cm³/mol. The summed E-state index contributed by atoms with van der Waals surface area (Å²) in [7, 11) is -3.72. The normalized spacial score (nSPS) is 23.3. The molecular weight excluding hydrogens is 334 g/mol. The first-order chi connectivity index (χ1) is 11.1. The second kappa shape index (κ2) is 5.89. The van der Waals surface area contributed by atoms with Gasteiger partial charge in [0.15, 0.2) is 5.76 Å². The molecule has 1 saturated heterocycles. The average Bonchev–Trinajstić information content (AvgIpc) is 2.74. The molecule has 7 heteroatoms. The minimum atomic E-state index is -3.72. The van der Waals surface area contributed by atoms with Gasteiger partial charge >= 0.3 is 10.1 Å². The number of ether oxygens (including phenoxy) is 1. The van der Waals surface area contributed by atoms with Gasteiger partial charge in [0, 0.05) is 34.9 Å². The minimum absolute atomic E-state index is 0.495. The Kier molecular flexibility index (Phi) is 3.87. The third-order valence-corrected chi connectivity index (χ3v) is 6.12. The van der Waals surface area contributed by atoms with E-state index in [0.717, 1.165) is 33.9 Å². The number of nitrogens with zero attached hydrogens (tertiary/aromatic N) is 1. The van der Waals surface area contributed by atoms with Crippen LogP contribution >= 0.6 is 11.8 Å². The molecule has 1 aromatic carbocycles. The van der Waals surface area contributed by atoms with Gasteiger partial charge in [-0.3, -0.25) is 0 Å². The third kappa shape index (κ3) is 2.88. The molecule has 3 aliphatic rings. The lowest BCUT2D eigenvalue weighted by molar-refractivity contribution is 0.0545. The maximum Gasteiger partial charge on any atom is 0.334 e. The van der Waals surface area contributed by atoms with E-state index < -0.39 is 10.1 Å². The fourth-order valence-electron chi connectivity index (χ4n) is 3.08. The first-order valence-corrected chi connectivity index (χ1v) is 10.0. The van der Waals surface area contributed by atoms with Crippen LogP contribution in [0.2, 0.25) is 0 Å². The molecule has 0 saturated carbocycles. The van der Waals surface area contributed by atoms with Gasteiger partial charge in [-0.25, -0.2) is 0 Å². The summed E-state index contributed by atoms with van der Waals surface area (Å²) in [5.41, 5.74) is 2.62. The first-order valence-electron chi connectivity index (χ1n) is 7.59. The molecule has 0 amide bonds. The van der Waals surface area contributed by atoms with Crippen LogP contribution in [0.15, 0.2) is 45.8 Å². The van der Waals surface area contributed by atoms with E-state index in [4.69, 9.17) is 8.92 Å². The molecule has 3 heterocycles. The van der Waals surface area contributed by atoms with E-state index in [1.54, 1.807) is 11.8 Å². The van der Waals surface area contributed by atoms with Gasteiger partial charge in [0.1, 0.15) is 0 Å². The monoisotopic (exact) mass is 351 g/mol. The van der Waals surface area contributed by atoms with E-state index in [0.29, 0.717) is 32.1 Å². The van der Waals surface area contributed by atoms with Gasteiger partial charge in [-0.2, -0.15) is 8.42 Å². The lowest BCUT2D eigenvalue weighted by Crippen LogP contribution is -2.37. The van der Waals surface area contributed by atoms with Crippen LogP contribution in [0, 0.1) is 0 Å². The number of benzene rings is 1. The molecule has 5 nitrogen and oxygen atoms in total. The number of rotatable bonds is 1. The van der Waals surface area contributed by atoms with Crippen LogP contribution in [-0.4, -0.2) is 45.4 Å². The van der Waals surface area contributed by atoms with Crippen molar-refractivity contribution in [3.05, 3.63) is 46.5 Å². The van der Waals surface area contributed by atoms with E-state index in [2.05, 4.69) is 4.90 Å². The molecule has 0 aliphatic carbocycles. The zero-order chi connectivity index (χ0) is 15.9. The van der Waals surface area contributed by atoms with Gasteiger partial charge in [-0.1, -0.05) is 18.2 Å². The van der Waals surface area contributed by atoms with Crippen molar-refractivity contribution in [1.29, 1.82) is 0 Å². The second-order valence-electron chi connectivity index (χ2n) is 5.58. The van der Waals surface area contributed by atoms with Gasteiger partial charge in [0.25, 0.3) is 0 Å². The molecule has 0 aromatic heterocycles. The van der Waals surface area contributed by atoms with Gasteiger partial charge in [0.2, 0.25) is 0 Å². The van der Waals surface area contributed by atoms with Crippen molar-refractivity contribution in [2.24, 2.45) is 0 Å². The van der Waals surface area contributed by atoms with E-state index in [1.807, 2.05) is 24.3 Å². The number of thioether (sulfide) groups is 1. The molecular formula is C16H17NO4S2. The van der Waals surface area contributed by atoms with Crippen molar-refractivity contribution < 1.29 is 17.3 Å². The lowest BCUT2D eigenvalue weighted by atomic mass is 10.0. The third-order valence-electron chi connectivity index (χ3n) is 4.13. The highest BCUT2D eigenvalue weighted by Gasteiger charge is 2.32. The van der Waals surface area contributed by atoms with E-state index in [9.17, 15) is 8.42 Å². The van der Waals surface area contributed by atoms with Crippen molar-refractivity contribution in [2.75, 3.05) is 32.1 Å². The second-order valence-corrected chi connectivity index (χ2v) is 8.11. The molecule has 122 valence electrons. The Labute approximate surface area is 140 Å². The summed E-state index contributed by atoms with van der Waals surface area (Å²) in [5.74, 6) is 1.40. The highest BCUT2D eigenvalue weighted by atomic mass is 32.2. The molecule has 1 fully saturated rings. The molecule has 0 radical (unpaired) electrons. The standard InChI is InChI=1S/C16H17NO4S2/c18-23(19)11-14(17-6-8-20-9-7-17)12-5-10-22-15-4-2-1-3-13(15)16(12)21-23/h1-4,11H,5-10H2. The first kappa shape index (κ1) is 15.1. The number of hydrogen-bond acceptors (Lipinski definition) is 6. The Morgan fingerprint density at radius 1 is 1.13 bits per heavy atom. The van der Waals surface area contributed by atoms with Crippen LogP contribution in [0.4, 0.5) is 0 Å². The van der Waals surface area contributed by atoms with Crippen LogP contribution in [0.5, 0.6) is 0 Å². The predicted octanol–water partition coefficient (Wildman–Crippen LogP) is 2.43. The summed E-state index contributed by atoms with van der Waals surface area (Å²) in [6, 6.07) is 7.82. The Balaban J connectivity index is 1.86. The zero-order valence-corrected chi connectivity index (χ0v) is 14.2. The number of morpholine rings is 1. The number of fused-ring (bicyclic) bond motifs is 2. The maximum atomic E-state index is 12.3. The van der Waals surface area contributed by atoms with Crippen molar-refractivity contribution in [2.45, 2.75) is 11.3 Å². The molecule has 0 atom stereocenters. The van der Waals surface area contributed by atoms with E-state index in [1.165, 1.54) is 5.41 Å². The minimum Gasteiger partial charge on any atom is -0.378 e. The highest BCUT2D eigenvalue weighted by molar-refractivity contribution is 7.99. The molecule has 0 unspecified atom stereocenters. The number of hydrogen-bond donors (Lipinski definition) is 0. The maximum absolute atomic E-state index is 12.3. The highest BCUT2D eigenvalue weighted by Crippen LogP contribution is 2.42. The molecule has 23 heavy (non-hydrogen) atoms. The largest absolute Gasteiger partial charge is 0.378 e. The molecule has 0 spiro atoms. The van der Waals surface area contributed by atoms with Gasteiger partial charge in [0.05, 0.1) is 24.3 Å². The lowest BCUT2D eigenvalue weighted by Gasteiger charge is -2.34. The van der Waals surface area contributed by atoms with Crippen molar-refractivity contribution >= 4 is 27.6 Å². The average molecular weight is 351 g/mol. The van der Waals surface area contributed by atoms with Crippen molar-refractivity contribution in [3.63, 3.8) is 0 Å². The number of allylic oxidation sites excluding steroid dienone is 1. The molecule has 4 rings (SSSR count). The zero-order valence-electron chi connectivity index (χ0n) is 12.5. The van der Waals surface area contributed by atoms with Gasteiger partial charge in [-0.05, 0) is 12.5 Å². The summed E-state index contributed by atoms with van der Waals surface area (Å²) < 4.78 is 35.4. The SMILES string of the molecule is O=S1(=O)C=C(N2CCOCC2)C2=C(O1)c1ccccc1SCC2. The summed E-state index contributed by atoms with van der Waals surface area (Å²) in [5, 5.41) is 1.27. The Morgan fingerprint density at radius 3 is 2.74 bits per heavy atom. The van der Waals surface area contributed by atoms with Crippen LogP contribution in [-0.2, 0) is 19.0 Å². The summed E-state index contributed by atoms with van der Waals surface area (Å²) >= 11 is 1.74. The smallest absolute Gasteiger partial charge is 0.334 e.